The van der Waals surface area contributed by atoms with E-state index in [1.807, 2.05) is 18.2 Å². The minimum atomic E-state index is -0.0341. The zero-order valence-corrected chi connectivity index (χ0v) is 11.6. The maximum atomic E-state index is 11.9. The molecule has 1 heterocycles. The Labute approximate surface area is 119 Å². The molecule has 4 nitrogen and oxygen atoms in total. The van der Waals surface area contributed by atoms with Crippen molar-refractivity contribution < 1.29 is 4.79 Å². The summed E-state index contributed by atoms with van der Waals surface area (Å²) in [5.74, 6) is -0.0341. The Morgan fingerprint density at radius 2 is 1.95 bits per heavy atom. The fraction of sp³-hybridized carbons (Fsp3) is 0.250. The molecule has 20 heavy (non-hydrogen) atoms. The average molecular weight is 269 g/mol. The van der Waals surface area contributed by atoms with Crippen LogP contribution in [-0.2, 0) is 24.2 Å². The van der Waals surface area contributed by atoms with Gasteiger partial charge in [0.05, 0.1) is 18.3 Å². The molecule has 104 valence electrons. The smallest absolute Gasteiger partial charge is 0.226 e. The molecule has 2 aromatic rings. The SMILES string of the molecule is CCc1ccccc1CNC(=O)Cc1ccc(N)cn1. The normalized spacial score (nSPS) is 10.2. The van der Waals surface area contributed by atoms with Gasteiger partial charge in [0.15, 0.2) is 0 Å². The molecule has 4 heteroatoms. The largest absolute Gasteiger partial charge is 0.397 e. The molecule has 1 amide bonds. The summed E-state index contributed by atoms with van der Waals surface area (Å²) >= 11 is 0. The third kappa shape index (κ3) is 3.82. The van der Waals surface area contributed by atoms with E-state index in [1.54, 1.807) is 18.3 Å². The van der Waals surface area contributed by atoms with Gasteiger partial charge in [0.2, 0.25) is 5.91 Å². The summed E-state index contributed by atoms with van der Waals surface area (Å²) in [6.07, 6.45) is 2.80. The molecular formula is C16H19N3O. The quantitative estimate of drug-likeness (QED) is 0.873. The van der Waals surface area contributed by atoms with Crippen LogP contribution in [0.25, 0.3) is 0 Å². The van der Waals surface area contributed by atoms with E-state index in [0.29, 0.717) is 12.2 Å². The molecular weight excluding hydrogens is 250 g/mol. The first-order valence-corrected chi connectivity index (χ1v) is 6.73. The van der Waals surface area contributed by atoms with Crippen LogP contribution in [-0.4, -0.2) is 10.9 Å². The zero-order chi connectivity index (χ0) is 14.4. The van der Waals surface area contributed by atoms with Crippen LogP contribution in [0.15, 0.2) is 42.6 Å². The van der Waals surface area contributed by atoms with Gasteiger partial charge in [-0.25, -0.2) is 0 Å². The van der Waals surface area contributed by atoms with E-state index in [2.05, 4.69) is 23.3 Å². The van der Waals surface area contributed by atoms with Crippen molar-refractivity contribution in [1.29, 1.82) is 0 Å². The minimum absolute atomic E-state index is 0.0341. The van der Waals surface area contributed by atoms with Crippen LogP contribution in [0.1, 0.15) is 23.7 Å². The highest BCUT2D eigenvalue weighted by Gasteiger charge is 2.06. The minimum Gasteiger partial charge on any atom is -0.397 e. The van der Waals surface area contributed by atoms with Gasteiger partial charge in [-0.3, -0.25) is 9.78 Å². The second-order valence-electron chi connectivity index (χ2n) is 4.66. The number of carbonyl (C=O) groups excluding carboxylic acids is 1. The Morgan fingerprint density at radius 3 is 2.60 bits per heavy atom. The van der Waals surface area contributed by atoms with Gasteiger partial charge >= 0.3 is 0 Å². The molecule has 1 aromatic carbocycles. The summed E-state index contributed by atoms with van der Waals surface area (Å²) in [7, 11) is 0. The fourth-order valence-electron chi connectivity index (χ4n) is 2.04. The molecule has 0 aliphatic carbocycles. The number of nitrogens with two attached hydrogens (primary N) is 1. The predicted octanol–water partition coefficient (Wildman–Crippen LogP) is 2.09. The molecule has 0 unspecified atom stereocenters. The van der Waals surface area contributed by atoms with Crippen LogP contribution in [0.3, 0.4) is 0 Å². The van der Waals surface area contributed by atoms with Crippen LogP contribution >= 0.6 is 0 Å². The standard InChI is InChI=1S/C16H19N3O/c1-2-12-5-3-4-6-13(12)10-19-16(20)9-15-8-7-14(17)11-18-15/h3-8,11H,2,9-10,17H2,1H3,(H,19,20). The molecule has 1 aromatic heterocycles. The average Bonchev–Trinajstić information content (AvgIpc) is 2.48. The molecule has 0 bridgehead atoms. The molecule has 0 aliphatic heterocycles. The summed E-state index contributed by atoms with van der Waals surface area (Å²) in [5, 5.41) is 2.93. The molecule has 2 rings (SSSR count). The molecule has 0 atom stereocenters. The highest BCUT2D eigenvalue weighted by Crippen LogP contribution is 2.09. The number of rotatable bonds is 5. The van der Waals surface area contributed by atoms with Gasteiger partial charge in [-0.05, 0) is 29.7 Å². The van der Waals surface area contributed by atoms with Gasteiger partial charge < -0.3 is 11.1 Å². The van der Waals surface area contributed by atoms with Crippen molar-refractivity contribution in [2.45, 2.75) is 26.3 Å². The molecule has 0 fully saturated rings. The lowest BCUT2D eigenvalue weighted by Gasteiger charge is -2.09. The fourth-order valence-corrected chi connectivity index (χ4v) is 2.04. The van der Waals surface area contributed by atoms with E-state index in [1.165, 1.54) is 5.56 Å². The van der Waals surface area contributed by atoms with Crippen molar-refractivity contribution in [1.82, 2.24) is 10.3 Å². The lowest BCUT2D eigenvalue weighted by atomic mass is 10.1. The summed E-state index contributed by atoms with van der Waals surface area (Å²) in [4.78, 5) is 16.0. The second kappa shape index (κ2) is 6.70. The molecule has 0 spiro atoms. The molecule has 3 N–H and O–H groups in total. The van der Waals surface area contributed by atoms with Crippen molar-refractivity contribution in [3.63, 3.8) is 0 Å². The van der Waals surface area contributed by atoms with Crippen LogP contribution in [0.2, 0.25) is 0 Å². The highest BCUT2D eigenvalue weighted by molar-refractivity contribution is 5.78. The van der Waals surface area contributed by atoms with Gasteiger partial charge in [0.25, 0.3) is 0 Å². The van der Waals surface area contributed by atoms with E-state index in [4.69, 9.17) is 5.73 Å². The van der Waals surface area contributed by atoms with Crippen molar-refractivity contribution >= 4 is 11.6 Å². The van der Waals surface area contributed by atoms with E-state index in [0.717, 1.165) is 17.7 Å². The summed E-state index contributed by atoms with van der Waals surface area (Å²) in [6, 6.07) is 11.7. The van der Waals surface area contributed by atoms with Crippen molar-refractivity contribution in [2.75, 3.05) is 5.73 Å². The van der Waals surface area contributed by atoms with Crippen LogP contribution in [0, 0.1) is 0 Å². The number of nitrogens with zero attached hydrogens (tertiary/aromatic N) is 1. The maximum absolute atomic E-state index is 11.9. The third-order valence-corrected chi connectivity index (χ3v) is 3.16. The van der Waals surface area contributed by atoms with Gasteiger partial charge in [-0.2, -0.15) is 0 Å². The number of nitrogens with one attached hydrogen (secondary N) is 1. The number of aromatic nitrogens is 1. The van der Waals surface area contributed by atoms with Gasteiger partial charge in [0.1, 0.15) is 0 Å². The van der Waals surface area contributed by atoms with Crippen LogP contribution in [0.5, 0.6) is 0 Å². The Morgan fingerprint density at radius 1 is 1.20 bits per heavy atom. The third-order valence-electron chi connectivity index (χ3n) is 3.16. The lowest BCUT2D eigenvalue weighted by Crippen LogP contribution is -2.25. The van der Waals surface area contributed by atoms with Gasteiger partial charge in [-0.15, -0.1) is 0 Å². The summed E-state index contributed by atoms with van der Waals surface area (Å²) < 4.78 is 0. The molecule has 0 aliphatic rings. The Bertz CT molecular complexity index is 579. The van der Waals surface area contributed by atoms with Crippen molar-refractivity contribution in [3.05, 3.63) is 59.4 Å². The predicted molar refractivity (Wildman–Crippen MR) is 80.0 cm³/mol. The topological polar surface area (TPSA) is 68.0 Å². The Kier molecular flexibility index (Phi) is 4.71. The Hall–Kier alpha value is -2.36. The number of nitrogen functional groups attached to an aromatic ring is 1. The van der Waals surface area contributed by atoms with Crippen molar-refractivity contribution in [2.24, 2.45) is 0 Å². The van der Waals surface area contributed by atoms with Crippen molar-refractivity contribution in [3.8, 4) is 0 Å². The number of anilines is 1. The number of amides is 1. The zero-order valence-electron chi connectivity index (χ0n) is 11.6. The molecule has 0 saturated carbocycles. The first-order valence-electron chi connectivity index (χ1n) is 6.73. The number of aryl methyl sites for hydroxylation is 1. The number of benzene rings is 1. The molecule has 0 saturated heterocycles. The monoisotopic (exact) mass is 269 g/mol. The lowest BCUT2D eigenvalue weighted by molar-refractivity contribution is -0.120. The van der Waals surface area contributed by atoms with E-state index in [9.17, 15) is 4.79 Å². The second-order valence-corrected chi connectivity index (χ2v) is 4.66. The van der Waals surface area contributed by atoms with E-state index < -0.39 is 0 Å². The van der Waals surface area contributed by atoms with E-state index in [-0.39, 0.29) is 12.3 Å². The van der Waals surface area contributed by atoms with Crippen LogP contribution < -0.4 is 11.1 Å². The van der Waals surface area contributed by atoms with E-state index >= 15 is 0 Å². The van der Waals surface area contributed by atoms with Gasteiger partial charge in [0, 0.05) is 12.2 Å². The Balaban J connectivity index is 1.90. The summed E-state index contributed by atoms with van der Waals surface area (Å²) in [5.41, 5.74) is 9.31. The highest BCUT2D eigenvalue weighted by atomic mass is 16.1. The molecule has 0 radical (unpaired) electrons. The maximum Gasteiger partial charge on any atom is 0.226 e. The first-order chi connectivity index (χ1) is 9.69. The summed E-state index contributed by atoms with van der Waals surface area (Å²) in [6.45, 7) is 2.66. The number of hydrogen-bond donors (Lipinski definition) is 2. The number of hydrogen-bond acceptors (Lipinski definition) is 3. The number of carbonyl (C=O) groups is 1. The number of pyridine rings is 1. The van der Waals surface area contributed by atoms with Gasteiger partial charge in [-0.1, -0.05) is 31.2 Å². The van der Waals surface area contributed by atoms with Crippen LogP contribution in [0.4, 0.5) is 5.69 Å². The first kappa shape index (κ1) is 14.1.